The van der Waals surface area contributed by atoms with E-state index in [4.69, 9.17) is 5.26 Å². The van der Waals surface area contributed by atoms with Crippen LogP contribution >= 0.6 is 23.3 Å². The molecule has 86 valence electrons. The smallest absolute Gasteiger partial charge is 0.170 e. The van der Waals surface area contributed by atoms with Crippen LogP contribution in [0.25, 0.3) is 0 Å². The molecule has 0 aliphatic heterocycles. The van der Waals surface area contributed by atoms with Crippen LogP contribution in [0, 0.1) is 23.2 Å². The number of hydrogen-bond donors (Lipinski definition) is 0. The SMILES string of the molecule is CCC1CCC(C#N)C(Sc2ncns2)C1. The summed E-state index contributed by atoms with van der Waals surface area (Å²) in [6.45, 7) is 2.24. The van der Waals surface area contributed by atoms with Crippen LogP contribution < -0.4 is 0 Å². The summed E-state index contributed by atoms with van der Waals surface area (Å²) in [5, 5.41) is 9.57. The van der Waals surface area contributed by atoms with Crippen molar-refractivity contribution in [2.24, 2.45) is 11.8 Å². The zero-order valence-electron chi connectivity index (χ0n) is 9.30. The zero-order valence-corrected chi connectivity index (χ0v) is 10.9. The van der Waals surface area contributed by atoms with Gasteiger partial charge in [-0.05, 0) is 36.7 Å². The number of nitrogens with zero attached hydrogens (tertiary/aromatic N) is 3. The molecular formula is C11H15N3S2. The largest absolute Gasteiger partial charge is 0.216 e. The van der Waals surface area contributed by atoms with Crippen molar-refractivity contribution in [2.75, 3.05) is 0 Å². The number of nitriles is 1. The number of hydrogen-bond acceptors (Lipinski definition) is 5. The van der Waals surface area contributed by atoms with Crippen molar-refractivity contribution in [3.8, 4) is 6.07 Å². The Balaban J connectivity index is 2.01. The van der Waals surface area contributed by atoms with E-state index < -0.39 is 0 Å². The fourth-order valence-corrected chi connectivity index (χ4v) is 4.25. The molecule has 0 bridgehead atoms. The van der Waals surface area contributed by atoms with Gasteiger partial charge in [0.25, 0.3) is 0 Å². The van der Waals surface area contributed by atoms with Gasteiger partial charge in [-0.15, -0.1) is 0 Å². The molecule has 0 aromatic carbocycles. The first-order chi connectivity index (χ1) is 7.83. The molecule has 3 unspecified atom stereocenters. The van der Waals surface area contributed by atoms with E-state index in [2.05, 4.69) is 22.4 Å². The monoisotopic (exact) mass is 253 g/mol. The minimum Gasteiger partial charge on any atom is -0.216 e. The fraction of sp³-hybridized carbons (Fsp3) is 0.727. The highest BCUT2D eigenvalue weighted by Gasteiger charge is 2.31. The van der Waals surface area contributed by atoms with Gasteiger partial charge in [0.15, 0.2) is 4.34 Å². The van der Waals surface area contributed by atoms with E-state index in [-0.39, 0.29) is 5.92 Å². The Morgan fingerprint density at radius 3 is 3.12 bits per heavy atom. The third-order valence-electron chi connectivity index (χ3n) is 3.24. The molecule has 3 nitrogen and oxygen atoms in total. The Kier molecular flexibility index (Phi) is 4.19. The fourth-order valence-electron chi connectivity index (χ4n) is 2.20. The number of aromatic nitrogens is 2. The second-order valence-electron chi connectivity index (χ2n) is 4.19. The molecule has 0 saturated heterocycles. The molecule has 1 aromatic rings. The summed E-state index contributed by atoms with van der Waals surface area (Å²) in [7, 11) is 0. The highest BCUT2D eigenvalue weighted by molar-refractivity contribution is 8.01. The quantitative estimate of drug-likeness (QED) is 0.829. The van der Waals surface area contributed by atoms with E-state index in [9.17, 15) is 0 Å². The molecule has 1 aliphatic rings. The molecule has 16 heavy (non-hydrogen) atoms. The Hall–Kier alpha value is -0.600. The molecule has 1 fully saturated rings. The van der Waals surface area contributed by atoms with E-state index >= 15 is 0 Å². The van der Waals surface area contributed by atoms with Gasteiger partial charge in [-0.25, -0.2) is 4.98 Å². The second-order valence-corrected chi connectivity index (χ2v) is 6.45. The van der Waals surface area contributed by atoms with Crippen molar-refractivity contribution >= 4 is 23.3 Å². The lowest BCUT2D eigenvalue weighted by molar-refractivity contribution is 0.317. The van der Waals surface area contributed by atoms with Gasteiger partial charge in [0.2, 0.25) is 0 Å². The average molecular weight is 253 g/mol. The molecule has 5 heteroatoms. The Labute approximate surface area is 104 Å². The summed E-state index contributed by atoms with van der Waals surface area (Å²) in [5.74, 6) is 0.978. The molecule has 0 radical (unpaired) electrons. The molecule has 1 aromatic heterocycles. The second kappa shape index (κ2) is 5.65. The van der Waals surface area contributed by atoms with Crippen LogP contribution in [0.4, 0.5) is 0 Å². The molecule has 1 heterocycles. The summed E-state index contributed by atoms with van der Waals surface area (Å²) >= 11 is 3.18. The molecule has 0 N–H and O–H groups in total. The highest BCUT2D eigenvalue weighted by Crippen LogP contribution is 2.40. The highest BCUT2D eigenvalue weighted by atomic mass is 32.2. The van der Waals surface area contributed by atoms with Crippen LogP contribution in [0.1, 0.15) is 32.6 Å². The van der Waals surface area contributed by atoms with E-state index in [1.807, 2.05) is 0 Å². The summed E-state index contributed by atoms with van der Waals surface area (Å²) in [6, 6.07) is 2.45. The van der Waals surface area contributed by atoms with Crippen LogP contribution in [-0.2, 0) is 0 Å². The Bertz CT molecular complexity index is 358. The molecule has 2 rings (SSSR count). The summed E-state index contributed by atoms with van der Waals surface area (Å²) < 4.78 is 5.01. The maximum absolute atomic E-state index is 9.15. The van der Waals surface area contributed by atoms with E-state index in [1.54, 1.807) is 18.1 Å². The molecule has 1 saturated carbocycles. The Morgan fingerprint density at radius 1 is 1.62 bits per heavy atom. The first-order valence-electron chi connectivity index (χ1n) is 5.66. The van der Waals surface area contributed by atoms with Gasteiger partial charge in [-0.3, -0.25) is 0 Å². The van der Waals surface area contributed by atoms with Gasteiger partial charge < -0.3 is 0 Å². The first-order valence-corrected chi connectivity index (χ1v) is 7.31. The van der Waals surface area contributed by atoms with Gasteiger partial charge >= 0.3 is 0 Å². The molecule has 0 spiro atoms. The van der Waals surface area contributed by atoms with Crippen molar-refractivity contribution in [2.45, 2.75) is 42.2 Å². The number of rotatable bonds is 3. The first kappa shape index (κ1) is 11.9. The standard InChI is InChI=1S/C11H15N3S2/c1-2-8-3-4-9(6-12)10(5-8)15-11-13-7-14-16-11/h7-10H,2-5H2,1H3. The molecule has 1 aliphatic carbocycles. The molecular weight excluding hydrogens is 238 g/mol. The minimum absolute atomic E-state index is 0.191. The van der Waals surface area contributed by atoms with Crippen molar-refractivity contribution in [3.05, 3.63) is 6.33 Å². The third-order valence-corrected chi connectivity index (χ3v) is 5.34. The van der Waals surface area contributed by atoms with E-state index in [1.165, 1.54) is 24.4 Å². The van der Waals surface area contributed by atoms with Crippen molar-refractivity contribution in [3.63, 3.8) is 0 Å². The van der Waals surface area contributed by atoms with Gasteiger partial charge in [0, 0.05) is 5.25 Å². The number of thioether (sulfide) groups is 1. The summed E-state index contributed by atoms with van der Waals surface area (Å²) in [4.78, 5) is 4.19. The van der Waals surface area contributed by atoms with Crippen LogP contribution in [-0.4, -0.2) is 14.6 Å². The lowest BCUT2D eigenvalue weighted by Gasteiger charge is -2.31. The molecule has 0 amide bonds. The topological polar surface area (TPSA) is 49.6 Å². The van der Waals surface area contributed by atoms with E-state index in [0.717, 1.165) is 23.1 Å². The van der Waals surface area contributed by atoms with Crippen LogP contribution in [0.5, 0.6) is 0 Å². The Morgan fingerprint density at radius 2 is 2.50 bits per heavy atom. The van der Waals surface area contributed by atoms with Gasteiger partial charge in [-0.2, -0.15) is 9.64 Å². The van der Waals surface area contributed by atoms with Gasteiger partial charge in [0.05, 0.1) is 12.0 Å². The van der Waals surface area contributed by atoms with Crippen LogP contribution in [0.3, 0.4) is 0 Å². The minimum atomic E-state index is 0.191. The average Bonchev–Trinajstić information content (AvgIpc) is 2.82. The van der Waals surface area contributed by atoms with Crippen molar-refractivity contribution < 1.29 is 0 Å². The summed E-state index contributed by atoms with van der Waals surface area (Å²) in [5.41, 5.74) is 0. The maximum Gasteiger partial charge on any atom is 0.170 e. The van der Waals surface area contributed by atoms with Crippen molar-refractivity contribution in [1.29, 1.82) is 5.26 Å². The predicted octanol–water partition coefficient (Wildman–Crippen LogP) is 3.35. The van der Waals surface area contributed by atoms with Crippen LogP contribution in [0.15, 0.2) is 10.7 Å². The third kappa shape index (κ3) is 2.74. The maximum atomic E-state index is 9.15. The zero-order chi connectivity index (χ0) is 11.4. The summed E-state index contributed by atoms with van der Waals surface area (Å²) in [6.07, 6.45) is 6.23. The lowest BCUT2D eigenvalue weighted by Crippen LogP contribution is -2.25. The molecule has 3 atom stereocenters. The lowest BCUT2D eigenvalue weighted by atomic mass is 9.81. The van der Waals surface area contributed by atoms with Crippen molar-refractivity contribution in [1.82, 2.24) is 9.36 Å². The van der Waals surface area contributed by atoms with Crippen LogP contribution in [0.2, 0.25) is 0 Å². The predicted molar refractivity (Wildman–Crippen MR) is 66.3 cm³/mol. The normalized spacial score (nSPS) is 29.9. The van der Waals surface area contributed by atoms with Gasteiger partial charge in [-0.1, -0.05) is 25.1 Å². The van der Waals surface area contributed by atoms with E-state index in [0.29, 0.717) is 5.25 Å². The van der Waals surface area contributed by atoms with Gasteiger partial charge in [0.1, 0.15) is 6.33 Å².